The van der Waals surface area contributed by atoms with E-state index in [1.165, 1.54) is 0 Å². The van der Waals surface area contributed by atoms with E-state index in [1.54, 1.807) is 0 Å². The molecular weight excluding hydrogens is 204 g/mol. The smallest absolute Gasteiger partial charge is 0.341 e. The van der Waals surface area contributed by atoms with Crippen LogP contribution in [0, 0.1) is 13.8 Å². The Kier molecular flexibility index (Phi) is 5.02. The number of aliphatic carboxylic acids is 1. The third-order valence-electron chi connectivity index (χ3n) is 1.56. The van der Waals surface area contributed by atoms with Gasteiger partial charge in [-0.1, -0.05) is 6.07 Å². The average molecular weight is 217 g/mol. The maximum Gasteiger partial charge on any atom is 0.341 e. The van der Waals surface area contributed by atoms with E-state index < -0.39 is 5.97 Å². The summed E-state index contributed by atoms with van der Waals surface area (Å²) in [4.78, 5) is 10.2. The van der Waals surface area contributed by atoms with Crippen molar-refractivity contribution in [1.29, 1.82) is 0 Å². The summed E-state index contributed by atoms with van der Waals surface area (Å²) >= 11 is 0. The molecule has 0 radical (unpaired) electrons. The second-order valence-corrected chi connectivity index (χ2v) is 3.01. The lowest BCUT2D eigenvalue weighted by molar-refractivity contribution is -0.139. The highest BCUT2D eigenvalue weighted by Crippen LogP contribution is 2.15. The summed E-state index contributed by atoms with van der Waals surface area (Å²) < 4.78 is 5.03. The molecule has 78 valence electrons. The van der Waals surface area contributed by atoms with E-state index in [-0.39, 0.29) is 19.0 Å². The van der Waals surface area contributed by atoms with Crippen LogP contribution in [0.4, 0.5) is 0 Å². The number of benzene rings is 1. The Labute approximate surface area is 89.1 Å². The molecule has 0 aliphatic carbocycles. The summed E-state index contributed by atoms with van der Waals surface area (Å²) in [6.07, 6.45) is 0. The molecule has 1 aromatic carbocycles. The van der Waals surface area contributed by atoms with Crippen LogP contribution in [0.5, 0.6) is 5.75 Å². The first kappa shape index (κ1) is 12.8. The minimum Gasteiger partial charge on any atom is -0.482 e. The number of ether oxygens (including phenoxy) is 1. The molecule has 0 bridgehead atoms. The fraction of sp³-hybridized carbons (Fsp3) is 0.300. The second kappa shape index (κ2) is 5.50. The number of hydrogen-bond acceptors (Lipinski definition) is 2. The van der Waals surface area contributed by atoms with Crippen molar-refractivity contribution < 1.29 is 14.6 Å². The van der Waals surface area contributed by atoms with Gasteiger partial charge in [-0.2, -0.15) is 0 Å². The van der Waals surface area contributed by atoms with Crippen molar-refractivity contribution in [2.75, 3.05) is 6.61 Å². The standard InChI is InChI=1S/C10H12O3.ClH/c1-7-3-8(2)5-9(4-7)13-6-10(11)12;/h3-5H,6H2,1-2H3,(H,11,12);1H. The van der Waals surface area contributed by atoms with Crippen LogP contribution in [0.15, 0.2) is 18.2 Å². The van der Waals surface area contributed by atoms with Crippen molar-refractivity contribution in [3.8, 4) is 5.75 Å². The zero-order valence-electron chi connectivity index (χ0n) is 8.11. The number of carbonyl (C=O) groups is 1. The van der Waals surface area contributed by atoms with Gasteiger partial charge in [0, 0.05) is 0 Å². The SMILES string of the molecule is Cc1cc(C)cc(OCC(=O)O)c1.Cl. The molecule has 1 rings (SSSR count). The Morgan fingerprint density at radius 1 is 1.29 bits per heavy atom. The maximum absolute atomic E-state index is 10.2. The largest absolute Gasteiger partial charge is 0.482 e. The normalized spacial score (nSPS) is 9.00. The van der Waals surface area contributed by atoms with Crippen LogP contribution >= 0.6 is 12.4 Å². The van der Waals surface area contributed by atoms with Gasteiger partial charge in [-0.3, -0.25) is 0 Å². The highest BCUT2D eigenvalue weighted by Gasteiger charge is 1.99. The zero-order chi connectivity index (χ0) is 9.84. The highest BCUT2D eigenvalue weighted by molar-refractivity contribution is 5.85. The molecule has 0 heterocycles. The van der Waals surface area contributed by atoms with Gasteiger partial charge in [-0.05, 0) is 37.1 Å². The van der Waals surface area contributed by atoms with Crippen molar-refractivity contribution in [1.82, 2.24) is 0 Å². The van der Waals surface area contributed by atoms with E-state index >= 15 is 0 Å². The van der Waals surface area contributed by atoms with Gasteiger partial charge in [-0.25, -0.2) is 4.79 Å². The Morgan fingerprint density at radius 2 is 1.79 bits per heavy atom. The molecule has 0 aromatic heterocycles. The second-order valence-electron chi connectivity index (χ2n) is 3.01. The Morgan fingerprint density at radius 3 is 2.21 bits per heavy atom. The lowest BCUT2D eigenvalue weighted by Crippen LogP contribution is -2.09. The third kappa shape index (κ3) is 4.14. The van der Waals surface area contributed by atoms with Gasteiger partial charge in [0.25, 0.3) is 0 Å². The van der Waals surface area contributed by atoms with Crippen LogP contribution < -0.4 is 4.74 Å². The number of halogens is 1. The van der Waals surface area contributed by atoms with Crippen LogP contribution in [-0.2, 0) is 4.79 Å². The average Bonchev–Trinajstić information content (AvgIpc) is 1.99. The molecule has 3 nitrogen and oxygen atoms in total. The van der Waals surface area contributed by atoms with Crippen molar-refractivity contribution in [3.05, 3.63) is 29.3 Å². The number of rotatable bonds is 3. The zero-order valence-corrected chi connectivity index (χ0v) is 8.93. The van der Waals surface area contributed by atoms with E-state index in [9.17, 15) is 4.79 Å². The van der Waals surface area contributed by atoms with Gasteiger partial charge in [0.2, 0.25) is 0 Å². The van der Waals surface area contributed by atoms with E-state index in [0.717, 1.165) is 11.1 Å². The number of hydrogen-bond donors (Lipinski definition) is 1. The van der Waals surface area contributed by atoms with Crippen LogP contribution in [0.3, 0.4) is 0 Å². The van der Waals surface area contributed by atoms with Gasteiger partial charge in [0.15, 0.2) is 6.61 Å². The molecule has 14 heavy (non-hydrogen) atoms. The molecule has 0 aliphatic rings. The first-order chi connectivity index (χ1) is 6.08. The molecule has 1 N–H and O–H groups in total. The molecule has 0 aliphatic heterocycles. The molecular formula is C10H13ClO3. The number of carboxylic acid groups (broad SMARTS) is 1. The Hall–Kier alpha value is -1.22. The summed E-state index contributed by atoms with van der Waals surface area (Å²) in [7, 11) is 0. The molecule has 0 spiro atoms. The molecule has 0 amide bonds. The lowest BCUT2D eigenvalue weighted by atomic mass is 10.1. The minimum absolute atomic E-state index is 0. The van der Waals surface area contributed by atoms with E-state index in [0.29, 0.717) is 5.75 Å². The Balaban J connectivity index is 0.00000169. The molecule has 0 saturated heterocycles. The predicted octanol–water partition coefficient (Wildman–Crippen LogP) is 2.19. The van der Waals surface area contributed by atoms with Crippen LogP contribution in [-0.4, -0.2) is 17.7 Å². The molecule has 0 saturated carbocycles. The fourth-order valence-electron chi connectivity index (χ4n) is 1.16. The predicted molar refractivity (Wildman–Crippen MR) is 56.3 cm³/mol. The summed E-state index contributed by atoms with van der Waals surface area (Å²) in [5, 5.41) is 8.39. The number of aryl methyl sites for hydroxylation is 2. The van der Waals surface area contributed by atoms with Crippen molar-refractivity contribution >= 4 is 18.4 Å². The van der Waals surface area contributed by atoms with Crippen LogP contribution in [0.2, 0.25) is 0 Å². The fourth-order valence-corrected chi connectivity index (χ4v) is 1.16. The van der Waals surface area contributed by atoms with E-state index in [1.807, 2.05) is 32.0 Å². The first-order valence-corrected chi connectivity index (χ1v) is 4.01. The van der Waals surface area contributed by atoms with Crippen molar-refractivity contribution in [2.24, 2.45) is 0 Å². The minimum atomic E-state index is -0.959. The monoisotopic (exact) mass is 216 g/mol. The summed E-state index contributed by atoms with van der Waals surface area (Å²) in [6.45, 7) is 3.60. The highest BCUT2D eigenvalue weighted by atomic mass is 35.5. The quantitative estimate of drug-likeness (QED) is 0.843. The van der Waals surface area contributed by atoms with Gasteiger partial charge < -0.3 is 9.84 Å². The van der Waals surface area contributed by atoms with E-state index in [4.69, 9.17) is 9.84 Å². The van der Waals surface area contributed by atoms with Crippen molar-refractivity contribution in [2.45, 2.75) is 13.8 Å². The summed E-state index contributed by atoms with van der Waals surface area (Å²) in [6, 6.07) is 5.64. The van der Waals surface area contributed by atoms with Gasteiger partial charge in [-0.15, -0.1) is 12.4 Å². The first-order valence-electron chi connectivity index (χ1n) is 4.01. The van der Waals surface area contributed by atoms with Crippen LogP contribution in [0.1, 0.15) is 11.1 Å². The molecule has 0 unspecified atom stereocenters. The lowest BCUT2D eigenvalue weighted by Gasteiger charge is -2.05. The maximum atomic E-state index is 10.2. The van der Waals surface area contributed by atoms with Gasteiger partial charge >= 0.3 is 5.97 Å². The van der Waals surface area contributed by atoms with Crippen molar-refractivity contribution in [3.63, 3.8) is 0 Å². The van der Waals surface area contributed by atoms with Gasteiger partial charge in [0.05, 0.1) is 0 Å². The number of carboxylic acids is 1. The molecule has 4 heteroatoms. The third-order valence-corrected chi connectivity index (χ3v) is 1.56. The summed E-state index contributed by atoms with van der Waals surface area (Å²) in [5.74, 6) is -0.348. The summed E-state index contributed by atoms with van der Waals surface area (Å²) in [5.41, 5.74) is 2.14. The van der Waals surface area contributed by atoms with Crippen LogP contribution in [0.25, 0.3) is 0 Å². The van der Waals surface area contributed by atoms with Gasteiger partial charge in [0.1, 0.15) is 5.75 Å². The topological polar surface area (TPSA) is 46.5 Å². The Bertz CT molecular complexity index is 303. The molecule has 0 atom stereocenters. The van der Waals surface area contributed by atoms with E-state index in [2.05, 4.69) is 0 Å². The molecule has 0 fully saturated rings. The molecule has 1 aromatic rings.